The molecule has 1 atom stereocenters. The molecular weight excluding hydrogens is 299 g/mol. The average Bonchev–Trinajstić information content (AvgIpc) is 2.79. The minimum Gasteiger partial charge on any atom is -0.404 e. The summed E-state index contributed by atoms with van der Waals surface area (Å²) < 4.78 is 45.3. The Morgan fingerprint density at radius 3 is 2.65 bits per heavy atom. The van der Waals surface area contributed by atoms with E-state index in [1.165, 1.54) is 12.1 Å². The molecule has 1 aromatic heterocycles. The molecule has 2 rings (SSSR count). The minimum absolute atomic E-state index is 0.0981. The fraction of sp³-hybridized carbons (Fsp3) is 0.273. The summed E-state index contributed by atoms with van der Waals surface area (Å²) in [5, 5.41) is 3.45. The van der Waals surface area contributed by atoms with Gasteiger partial charge in [0.25, 0.3) is 0 Å². The zero-order chi connectivity index (χ0) is 14.9. The topological polar surface area (TPSA) is 74.2 Å². The van der Waals surface area contributed by atoms with Crippen LogP contribution in [0.3, 0.4) is 0 Å². The predicted octanol–water partition coefficient (Wildman–Crippen LogP) is 3.31. The zero-order valence-corrected chi connectivity index (χ0v) is 10.9. The van der Waals surface area contributed by atoms with Crippen LogP contribution in [-0.2, 0) is 0 Å². The number of nitrogens with two attached hydrogens (primary N) is 1. The summed E-state index contributed by atoms with van der Waals surface area (Å²) in [7, 11) is 0. The molecular formula is C11H9ClF3N3O2. The molecule has 108 valence electrons. The smallest absolute Gasteiger partial charge is 0.404 e. The normalized spacial score (nSPS) is 13.3. The second kappa shape index (κ2) is 5.29. The van der Waals surface area contributed by atoms with Crippen LogP contribution in [0.2, 0.25) is 5.02 Å². The van der Waals surface area contributed by atoms with Gasteiger partial charge in [-0.05, 0) is 25.1 Å². The van der Waals surface area contributed by atoms with Crippen molar-refractivity contribution in [1.29, 1.82) is 0 Å². The third kappa shape index (κ3) is 3.40. The lowest BCUT2D eigenvalue weighted by Crippen LogP contribution is -2.17. The van der Waals surface area contributed by atoms with Crippen LogP contribution < -0.4 is 10.5 Å². The van der Waals surface area contributed by atoms with Gasteiger partial charge in [0.05, 0.1) is 11.1 Å². The summed E-state index contributed by atoms with van der Waals surface area (Å²) in [6.07, 6.45) is -4.84. The van der Waals surface area contributed by atoms with E-state index < -0.39 is 18.2 Å². The van der Waals surface area contributed by atoms with E-state index in [1.54, 1.807) is 6.92 Å². The van der Waals surface area contributed by atoms with Crippen molar-refractivity contribution < 1.29 is 22.4 Å². The number of hydrogen-bond acceptors (Lipinski definition) is 5. The Morgan fingerprint density at radius 1 is 1.40 bits per heavy atom. The molecule has 0 radical (unpaired) electrons. The lowest BCUT2D eigenvalue weighted by molar-refractivity contribution is -0.274. The van der Waals surface area contributed by atoms with Crippen LogP contribution in [0.25, 0.3) is 11.4 Å². The van der Waals surface area contributed by atoms with Gasteiger partial charge in [0.1, 0.15) is 5.75 Å². The number of ether oxygens (including phenoxy) is 1. The molecule has 0 saturated heterocycles. The first-order chi connectivity index (χ1) is 9.26. The Bertz CT molecular complexity index is 613. The molecule has 0 spiro atoms. The lowest BCUT2D eigenvalue weighted by atomic mass is 10.2. The summed E-state index contributed by atoms with van der Waals surface area (Å²) >= 11 is 5.64. The van der Waals surface area contributed by atoms with Crippen molar-refractivity contribution in [1.82, 2.24) is 10.1 Å². The number of benzene rings is 1. The average molecular weight is 308 g/mol. The molecule has 0 unspecified atom stereocenters. The second-order valence-electron chi connectivity index (χ2n) is 3.94. The van der Waals surface area contributed by atoms with Crippen LogP contribution in [0.1, 0.15) is 18.9 Å². The first kappa shape index (κ1) is 14.6. The molecule has 0 bridgehead atoms. The van der Waals surface area contributed by atoms with E-state index in [9.17, 15) is 13.2 Å². The van der Waals surface area contributed by atoms with Gasteiger partial charge in [-0.15, -0.1) is 13.2 Å². The summed E-state index contributed by atoms with van der Waals surface area (Å²) in [4.78, 5) is 3.96. The van der Waals surface area contributed by atoms with Crippen molar-refractivity contribution in [2.24, 2.45) is 5.73 Å². The van der Waals surface area contributed by atoms with E-state index in [2.05, 4.69) is 14.9 Å². The van der Waals surface area contributed by atoms with E-state index in [0.29, 0.717) is 0 Å². The highest BCUT2D eigenvalue weighted by atomic mass is 35.5. The third-order valence-corrected chi connectivity index (χ3v) is 2.56. The minimum atomic E-state index is -4.84. The predicted molar refractivity (Wildman–Crippen MR) is 64.0 cm³/mol. The fourth-order valence-electron chi connectivity index (χ4n) is 1.38. The van der Waals surface area contributed by atoms with Crippen molar-refractivity contribution in [3.63, 3.8) is 0 Å². The molecule has 0 aliphatic heterocycles. The number of aromatic nitrogens is 2. The first-order valence-corrected chi connectivity index (χ1v) is 5.79. The van der Waals surface area contributed by atoms with Crippen LogP contribution in [0, 0.1) is 0 Å². The van der Waals surface area contributed by atoms with Crippen LogP contribution in [0.15, 0.2) is 22.7 Å². The number of halogens is 4. The molecule has 1 aromatic carbocycles. The van der Waals surface area contributed by atoms with Crippen LogP contribution in [0.5, 0.6) is 5.75 Å². The summed E-state index contributed by atoms with van der Waals surface area (Å²) in [5.41, 5.74) is 5.82. The highest BCUT2D eigenvalue weighted by Gasteiger charge is 2.32. The molecule has 1 heterocycles. The Hall–Kier alpha value is -1.80. The number of nitrogens with zero attached hydrogens (tertiary/aromatic N) is 2. The highest BCUT2D eigenvalue weighted by molar-refractivity contribution is 6.32. The van der Waals surface area contributed by atoms with Crippen LogP contribution in [-0.4, -0.2) is 16.5 Å². The summed E-state index contributed by atoms with van der Waals surface area (Å²) in [6.45, 7) is 1.64. The standard InChI is InChI=1S/C11H9ClF3N3O2/c1-5(16)10-17-9(18-20-10)6-2-3-7(12)8(4-6)19-11(13,14)15/h2-5H,16H2,1H3/t5-/m1/s1. The maximum Gasteiger partial charge on any atom is 0.573 e. The van der Waals surface area contributed by atoms with Crippen molar-refractivity contribution in [2.75, 3.05) is 0 Å². The van der Waals surface area contributed by atoms with E-state index in [-0.39, 0.29) is 22.3 Å². The molecule has 5 nitrogen and oxygen atoms in total. The monoisotopic (exact) mass is 307 g/mol. The Morgan fingerprint density at radius 2 is 2.10 bits per heavy atom. The Kier molecular flexibility index (Phi) is 3.87. The molecule has 0 saturated carbocycles. The number of rotatable bonds is 3. The van der Waals surface area contributed by atoms with Gasteiger partial charge in [-0.1, -0.05) is 16.8 Å². The Balaban J connectivity index is 2.35. The quantitative estimate of drug-likeness (QED) is 0.941. The van der Waals surface area contributed by atoms with Gasteiger partial charge < -0.3 is 15.0 Å². The Labute approximate surface area is 116 Å². The highest BCUT2D eigenvalue weighted by Crippen LogP contribution is 2.33. The molecule has 0 aliphatic rings. The van der Waals surface area contributed by atoms with Gasteiger partial charge in [0, 0.05) is 5.56 Å². The van der Waals surface area contributed by atoms with Gasteiger partial charge in [0.15, 0.2) is 0 Å². The molecule has 0 amide bonds. The number of alkyl halides is 3. The van der Waals surface area contributed by atoms with E-state index in [0.717, 1.165) is 6.07 Å². The van der Waals surface area contributed by atoms with Gasteiger partial charge in [-0.3, -0.25) is 0 Å². The zero-order valence-electron chi connectivity index (χ0n) is 10.1. The van der Waals surface area contributed by atoms with E-state index in [1.807, 2.05) is 0 Å². The molecule has 9 heteroatoms. The molecule has 0 aliphatic carbocycles. The van der Waals surface area contributed by atoms with Crippen molar-refractivity contribution >= 4 is 11.6 Å². The molecule has 20 heavy (non-hydrogen) atoms. The summed E-state index contributed by atoms with van der Waals surface area (Å²) in [5.74, 6) is -0.266. The molecule has 0 fully saturated rings. The van der Waals surface area contributed by atoms with Crippen molar-refractivity contribution in [3.05, 3.63) is 29.1 Å². The third-order valence-electron chi connectivity index (χ3n) is 2.25. The lowest BCUT2D eigenvalue weighted by Gasteiger charge is -2.10. The summed E-state index contributed by atoms with van der Waals surface area (Å²) in [6, 6.07) is 3.29. The van der Waals surface area contributed by atoms with Gasteiger partial charge >= 0.3 is 6.36 Å². The van der Waals surface area contributed by atoms with E-state index >= 15 is 0 Å². The fourth-order valence-corrected chi connectivity index (χ4v) is 1.54. The SMILES string of the molecule is C[C@@H](N)c1nc(-c2ccc(Cl)c(OC(F)(F)F)c2)no1. The first-order valence-electron chi connectivity index (χ1n) is 5.41. The second-order valence-corrected chi connectivity index (χ2v) is 4.35. The maximum absolute atomic E-state index is 12.2. The number of hydrogen-bond donors (Lipinski definition) is 1. The van der Waals surface area contributed by atoms with Crippen LogP contribution >= 0.6 is 11.6 Å². The van der Waals surface area contributed by atoms with Gasteiger partial charge in [-0.25, -0.2) is 0 Å². The van der Waals surface area contributed by atoms with Crippen LogP contribution in [0.4, 0.5) is 13.2 Å². The van der Waals surface area contributed by atoms with E-state index in [4.69, 9.17) is 21.9 Å². The largest absolute Gasteiger partial charge is 0.573 e. The molecule has 2 N–H and O–H groups in total. The maximum atomic E-state index is 12.2. The molecule has 2 aromatic rings. The van der Waals surface area contributed by atoms with Gasteiger partial charge in [0.2, 0.25) is 11.7 Å². The van der Waals surface area contributed by atoms with Crippen molar-refractivity contribution in [3.8, 4) is 17.1 Å². The van der Waals surface area contributed by atoms with Crippen molar-refractivity contribution in [2.45, 2.75) is 19.3 Å². The van der Waals surface area contributed by atoms with Gasteiger partial charge in [-0.2, -0.15) is 4.98 Å².